The van der Waals surface area contributed by atoms with Crippen molar-refractivity contribution in [3.8, 4) is 0 Å². The number of ketones is 1. The molecule has 4 nitrogen and oxygen atoms in total. The average molecular weight is 245 g/mol. The van der Waals surface area contributed by atoms with Crippen LogP contribution in [0.25, 0.3) is 0 Å². The van der Waals surface area contributed by atoms with E-state index in [-0.39, 0.29) is 19.3 Å². The number of Topliss-reactive ketones (excluding diaryl/α,β-unsaturated/α-hetero) is 1. The zero-order valence-corrected chi connectivity index (χ0v) is 11.1. The van der Waals surface area contributed by atoms with Crippen LogP contribution in [-0.4, -0.2) is 35.0 Å². The van der Waals surface area contributed by atoms with Crippen molar-refractivity contribution in [3.63, 3.8) is 0 Å². The van der Waals surface area contributed by atoms with E-state index >= 15 is 0 Å². The van der Waals surface area contributed by atoms with Gasteiger partial charge in [0.05, 0.1) is 0 Å². The van der Waals surface area contributed by atoms with Crippen molar-refractivity contribution in [2.45, 2.75) is 39.3 Å². The Balaban J connectivity index is 0.00000225. The van der Waals surface area contributed by atoms with Crippen LogP contribution in [0.1, 0.15) is 27.7 Å². The van der Waals surface area contributed by atoms with Crippen LogP contribution in [0.2, 0.25) is 0 Å². The summed E-state index contributed by atoms with van der Waals surface area (Å²) in [7, 11) is 0. The molecule has 0 saturated heterocycles. The highest BCUT2D eigenvalue weighted by Gasteiger charge is 2.31. The summed E-state index contributed by atoms with van der Waals surface area (Å²) in [5.41, 5.74) is -0.527. The fraction of sp³-hybridized carbons (Fsp3) is 0.636. The number of hydrogen-bond acceptors (Lipinski definition) is 3. The number of hydrogen-bond donors (Lipinski definition) is 0. The summed E-state index contributed by atoms with van der Waals surface area (Å²) in [5.74, 6) is -0.0467. The van der Waals surface area contributed by atoms with Crippen molar-refractivity contribution in [1.82, 2.24) is 4.90 Å². The molecule has 16 heavy (non-hydrogen) atoms. The SMILES string of the molecule is CC(=O)[C@@H]1C=CCN1C(=O)OC(C)(C)C.S. The van der Waals surface area contributed by atoms with Crippen molar-refractivity contribution in [2.75, 3.05) is 6.54 Å². The molecule has 1 atom stereocenters. The number of amides is 1. The first-order valence-corrected chi connectivity index (χ1v) is 4.98. The van der Waals surface area contributed by atoms with E-state index in [1.165, 1.54) is 11.8 Å². The molecule has 0 spiro atoms. The molecule has 1 aliphatic heterocycles. The molecular weight excluding hydrogens is 226 g/mol. The fourth-order valence-electron chi connectivity index (χ4n) is 1.38. The summed E-state index contributed by atoms with van der Waals surface area (Å²) < 4.78 is 5.20. The molecule has 1 aliphatic rings. The Labute approximate surface area is 103 Å². The lowest BCUT2D eigenvalue weighted by Crippen LogP contribution is -2.43. The molecule has 5 heteroatoms. The van der Waals surface area contributed by atoms with Crippen LogP contribution in [0.3, 0.4) is 0 Å². The second-order valence-electron chi connectivity index (χ2n) is 4.62. The zero-order valence-electron chi connectivity index (χ0n) is 10.1. The fourth-order valence-corrected chi connectivity index (χ4v) is 1.38. The van der Waals surface area contributed by atoms with Crippen molar-refractivity contribution < 1.29 is 14.3 Å². The molecule has 0 aromatic carbocycles. The molecule has 1 heterocycles. The Hall–Kier alpha value is -0.970. The van der Waals surface area contributed by atoms with E-state index in [0.717, 1.165) is 0 Å². The Kier molecular flexibility index (Phi) is 5.06. The molecule has 0 aromatic rings. The average Bonchev–Trinajstić information content (AvgIpc) is 2.47. The molecular formula is C11H19NO3S. The minimum atomic E-state index is -0.527. The number of carbonyl (C=O) groups is 2. The largest absolute Gasteiger partial charge is 0.444 e. The normalized spacial score (nSPS) is 19.2. The van der Waals surface area contributed by atoms with Gasteiger partial charge in [0.15, 0.2) is 5.78 Å². The van der Waals surface area contributed by atoms with Crippen LogP contribution in [-0.2, 0) is 9.53 Å². The van der Waals surface area contributed by atoms with E-state index in [2.05, 4.69) is 0 Å². The third kappa shape index (κ3) is 3.89. The lowest BCUT2D eigenvalue weighted by atomic mass is 10.2. The van der Waals surface area contributed by atoms with E-state index in [1.54, 1.807) is 32.9 Å². The number of ether oxygens (including phenoxy) is 1. The Morgan fingerprint density at radius 2 is 1.94 bits per heavy atom. The Morgan fingerprint density at radius 1 is 1.38 bits per heavy atom. The van der Waals surface area contributed by atoms with Gasteiger partial charge in [0, 0.05) is 6.54 Å². The van der Waals surface area contributed by atoms with Crippen LogP contribution >= 0.6 is 13.5 Å². The Morgan fingerprint density at radius 3 is 2.38 bits per heavy atom. The third-order valence-corrected chi connectivity index (χ3v) is 2.00. The molecule has 0 saturated carbocycles. The second kappa shape index (κ2) is 5.39. The van der Waals surface area contributed by atoms with Gasteiger partial charge in [-0.1, -0.05) is 12.2 Å². The molecule has 0 fully saturated rings. The van der Waals surface area contributed by atoms with Gasteiger partial charge in [-0.25, -0.2) is 4.79 Å². The smallest absolute Gasteiger partial charge is 0.411 e. The third-order valence-electron chi connectivity index (χ3n) is 2.00. The maximum Gasteiger partial charge on any atom is 0.411 e. The predicted octanol–water partition coefficient (Wildman–Crippen LogP) is 1.86. The Bertz CT molecular complexity index is 307. The van der Waals surface area contributed by atoms with Crippen LogP contribution in [0, 0.1) is 0 Å². The van der Waals surface area contributed by atoms with Crippen LogP contribution in [0.4, 0.5) is 4.79 Å². The number of rotatable bonds is 1. The van der Waals surface area contributed by atoms with Gasteiger partial charge in [-0.05, 0) is 27.7 Å². The van der Waals surface area contributed by atoms with Gasteiger partial charge in [0.2, 0.25) is 0 Å². The summed E-state index contributed by atoms with van der Waals surface area (Å²) >= 11 is 0. The van der Waals surface area contributed by atoms with E-state index in [0.29, 0.717) is 6.54 Å². The minimum Gasteiger partial charge on any atom is -0.444 e. The summed E-state index contributed by atoms with van der Waals surface area (Å²) in [5, 5.41) is 0. The molecule has 0 aromatic heterocycles. The summed E-state index contributed by atoms with van der Waals surface area (Å²) in [4.78, 5) is 24.3. The summed E-state index contributed by atoms with van der Waals surface area (Å²) in [6.45, 7) is 7.32. The number of carbonyl (C=O) groups excluding carboxylic acids is 2. The minimum absolute atomic E-state index is 0. The standard InChI is InChI=1S/C11H17NO3.H2S/c1-8(13)9-6-5-7-12(9)10(14)15-11(2,3)4;/h5-6,9H,7H2,1-4H3;1H2/t9-;/m0./s1. The van der Waals surface area contributed by atoms with Gasteiger partial charge in [-0.2, -0.15) is 13.5 Å². The predicted molar refractivity (Wildman–Crippen MR) is 66.9 cm³/mol. The molecule has 1 amide bonds. The van der Waals surface area contributed by atoms with Gasteiger partial charge in [-0.15, -0.1) is 0 Å². The van der Waals surface area contributed by atoms with E-state index < -0.39 is 17.7 Å². The van der Waals surface area contributed by atoms with Crippen LogP contribution in [0.5, 0.6) is 0 Å². The number of nitrogens with zero attached hydrogens (tertiary/aromatic N) is 1. The lowest BCUT2D eigenvalue weighted by Gasteiger charge is -2.27. The van der Waals surface area contributed by atoms with Crippen molar-refractivity contribution in [3.05, 3.63) is 12.2 Å². The molecule has 0 radical (unpaired) electrons. The molecule has 0 bridgehead atoms. The van der Waals surface area contributed by atoms with Crippen molar-refractivity contribution in [1.29, 1.82) is 0 Å². The first-order chi connectivity index (χ1) is 6.81. The highest BCUT2D eigenvalue weighted by atomic mass is 32.1. The molecule has 1 rings (SSSR count). The lowest BCUT2D eigenvalue weighted by molar-refractivity contribution is -0.120. The van der Waals surface area contributed by atoms with E-state index in [4.69, 9.17) is 4.74 Å². The van der Waals surface area contributed by atoms with E-state index in [1.807, 2.05) is 0 Å². The first-order valence-electron chi connectivity index (χ1n) is 4.98. The highest BCUT2D eigenvalue weighted by molar-refractivity contribution is 7.59. The zero-order chi connectivity index (χ0) is 11.6. The molecule has 0 unspecified atom stereocenters. The molecule has 0 N–H and O–H groups in total. The van der Waals surface area contributed by atoms with Gasteiger partial charge in [0.25, 0.3) is 0 Å². The first kappa shape index (κ1) is 15.0. The van der Waals surface area contributed by atoms with Crippen molar-refractivity contribution in [2.24, 2.45) is 0 Å². The maximum absolute atomic E-state index is 11.7. The summed E-state index contributed by atoms with van der Waals surface area (Å²) in [6, 6.07) is -0.458. The van der Waals surface area contributed by atoms with Crippen LogP contribution in [0.15, 0.2) is 12.2 Å². The molecule has 92 valence electrons. The molecule has 0 aliphatic carbocycles. The highest BCUT2D eigenvalue weighted by Crippen LogP contribution is 2.16. The summed E-state index contributed by atoms with van der Waals surface area (Å²) in [6.07, 6.45) is 3.09. The van der Waals surface area contributed by atoms with Crippen molar-refractivity contribution >= 4 is 25.4 Å². The van der Waals surface area contributed by atoms with Crippen LogP contribution < -0.4 is 0 Å². The van der Waals surface area contributed by atoms with Gasteiger partial charge in [-0.3, -0.25) is 9.69 Å². The second-order valence-corrected chi connectivity index (χ2v) is 4.62. The quantitative estimate of drug-likeness (QED) is 0.662. The van der Waals surface area contributed by atoms with E-state index in [9.17, 15) is 9.59 Å². The van der Waals surface area contributed by atoms with Gasteiger partial charge in [0.1, 0.15) is 11.6 Å². The van der Waals surface area contributed by atoms with Gasteiger partial charge >= 0.3 is 6.09 Å². The monoisotopic (exact) mass is 245 g/mol. The maximum atomic E-state index is 11.7. The topological polar surface area (TPSA) is 46.6 Å². The van der Waals surface area contributed by atoms with Gasteiger partial charge < -0.3 is 4.74 Å².